The molecule has 0 aliphatic heterocycles. The van der Waals surface area contributed by atoms with Crippen molar-refractivity contribution >= 4 is 17.8 Å². The maximum Gasteiger partial charge on any atom is 0.305 e. The minimum atomic E-state index is -0.921. The van der Waals surface area contributed by atoms with E-state index in [4.69, 9.17) is 5.11 Å². The molecular formula is C17H18N6O3. The van der Waals surface area contributed by atoms with Crippen molar-refractivity contribution in [1.82, 2.24) is 24.5 Å². The lowest BCUT2D eigenvalue weighted by Crippen LogP contribution is -2.15. The molecule has 9 nitrogen and oxygen atoms in total. The van der Waals surface area contributed by atoms with Gasteiger partial charge in [-0.1, -0.05) is 24.3 Å². The number of carbonyl (C=O) groups excluding carboxylic acids is 1. The molecule has 9 heteroatoms. The molecule has 0 fully saturated rings. The van der Waals surface area contributed by atoms with Gasteiger partial charge in [0.05, 0.1) is 19.5 Å². The number of nitrogens with one attached hydrogen (secondary N) is 1. The van der Waals surface area contributed by atoms with E-state index in [1.807, 2.05) is 31.2 Å². The lowest BCUT2D eigenvalue weighted by molar-refractivity contribution is -0.137. The van der Waals surface area contributed by atoms with Crippen molar-refractivity contribution in [3.63, 3.8) is 0 Å². The Kier molecular flexibility index (Phi) is 5.07. The Hall–Kier alpha value is -3.49. The summed E-state index contributed by atoms with van der Waals surface area (Å²) in [5.74, 6) is -1.19. The van der Waals surface area contributed by atoms with Gasteiger partial charge in [-0.05, 0) is 24.1 Å². The number of carboxylic acids is 1. The molecule has 0 aliphatic carbocycles. The Balaban J connectivity index is 1.61. The van der Waals surface area contributed by atoms with Crippen LogP contribution in [0.2, 0.25) is 0 Å². The lowest BCUT2D eigenvalue weighted by atomic mass is 10.1. The van der Waals surface area contributed by atoms with Crippen LogP contribution in [0.15, 0.2) is 42.9 Å². The third-order valence-corrected chi connectivity index (χ3v) is 3.78. The van der Waals surface area contributed by atoms with Crippen molar-refractivity contribution in [2.24, 2.45) is 0 Å². The highest BCUT2D eigenvalue weighted by atomic mass is 16.4. The Morgan fingerprint density at radius 3 is 2.73 bits per heavy atom. The van der Waals surface area contributed by atoms with Crippen LogP contribution in [0, 0.1) is 6.92 Å². The zero-order valence-electron chi connectivity index (χ0n) is 14.2. The van der Waals surface area contributed by atoms with Crippen LogP contribution in [0.5, 0.6) is 0 Å². The van der Waals surface area contributed by atoms with E-state index >= 15 is 0 Å². The summed E-state index contributed by atoms with van der Waals surface area (Å²) in [6.07, 6.45) is 3.04. The zero-order chi connectivity index (χ0) is 18.5. The molecule has 2 N–H and O–H groups in total. The number of carbonyl (C=O) groups is 2. The van der Waals surface area contributed by atoms with Crippen molar-refractivity contribution in [2.75, 3.05) is 5.32 Å². The van der Waals surface area contributed by atoms with E-state index in [0.29, 0.717) is 6.54 Å². The summed E-state index contributed by atoms with van der Waals surface area (Å²) in [6, 6.07) is 9.49. The molecule has 0 saturated heterocycles. The number of benzene rings is 1. The fraction of sp³-hybridized carbons (Fsp3) is 0.235. The minimum Gasteiger partial charge on any atom is -0.481 e. The van der Waals surface area contributed by atoms with Crippen molar-refractivity contribution < 1.29 is 14.7 Å². The topological polar surface area (TPSA) is 115 Å². The van der Waals surface area contributed by atoms with Crippen LogP contribution >= 0.6 is 0 Å². The monoisotopic (exact) mass is 354 g/mol. The Morgan fingerprint density at radius 2 is 1.96 bits per heavy atom. The van der Waals surface area contributed by atoms with Gasteiger partial charge in [-0.2, -0.15) is 5.10 Å². The van der Waals surface area contributed by atoms with Gasteiger partial charge in [0.25, 0.3) is 5.91 Å². The van der Waals surface area contributed by atoms with Crippen LogP contribution in [-0.2, 0) is 17.9 Å². The second-order valence-electron chi connectivity index (χ2n) is 5.75. The number of rotatable bonds is 7. The smallest absolute Gasteiger partial charge is 0.305 e. The molecule has 26 heavy (non-hydrogen) atoms. The van der Waals surface area contributed by atoms with Crippen LogP contribution in [0.1, 0.15) is 28.0 Å². The predicted octanol–water partition coefficient (Wildman–Crippen LogP) is 1.56. The molecule has 0 saturated carbocycles. The fourth-order valence-corrected chi connectivity index (χ4v) is 2.37. The quantitative estimate of drug-likeness (QED) is 0.665. The number of hydrogen-bond donors (Lipinski definition) is 2. The van der Waals surface area contributed by atoms with Crippen LogP contribution in [-0.4, -0.2) is 41.5 Å². The third-order valence-electron chi connectivity index (χ3n) is 3.78. The first-order chi connectivity index (χ1) is 12.5. The molecule has 0 bridgehead atoms. The number of hydrogen-bond acceptors (Lipinski definition) is 5. The summed E-state index contributed by atoms with van der Waals surface area (Å²) in [5.41, 5.74) is 2.44. The van der Waals surface area contributed by atoms with E-state index in [1.54, 1.807) is 17.2 Å². The molecule has 2 aromatic heterocycles. The summed E-state index contributed by atoms with van der Waals surface area (Å²) in [6.45, 7) is 2.78. The van der Waals surface area contributed by atoms with Crippen molar-refractivity contribution in [1.29, 1.82) is 0 Å². The van der Waals surface area contributed by atoms with Crippen molar-refractivity contribution in [2.45, 2.75) is 26.4 Å². The SMILES string of the molecule is Cc1ccccc1Cn1cnc(NC(=O)c2ccn(CCC(=O)O)n2)n1. The largest absolute Gasteiger partial charge is 0.481 e. The van der Waals surface area contributed by atoms with Gasteiger partial charge in [0, 0.05) is 6.20 Å². The first-order valence-corrected chi connectivity index (χ1v) is 8.02. The van der Waals surface area contributed by atoms with Gasteiger partial charge in [0.2, 0.25) is 5.95 Å². The third kappa shape index (κ3) is 4.32. The Bertz CT molecular complexity index is 930. The van der Waals surface area contributed by atoms with Gasteiger partial charge in [-0.25, -0.2) is 9.67 Å². The number of carboxylic acid groups (broad SMARTS) is 1. The second kappa shape index (κ2) is 7.60. The number of nitrogens with zero attached hydrogens (tertiary/aromatic N) is 5. The lowest BCUT2D eigenvalue weighted by Gasteiger charge is -2.04. The molecule has 0 radical (unpaired) electrons. The van der Waals surface area contributed by atoms with E-state index in [-0.39, 0.29) is 24.6 Å². The molecule has 1 amide bonds. The molecular weight excluding hydrogens is 336 g/mol. The van der Waals surface area contributed by atoms with Crippen LogP contribution in [0.4, 0.5) is 5.95 Å². The first kappa shape index (κ1) is 17.3. The molecule has 1 aromatic carbocycles. The van der Waals surface area contributed by atoms with Crippen molar-refractivity contribution in [3.8, 4) is 0 Å². The first-order valence-electron chi connectivity index (χ1n) is 8.02. The highest BCUT2D eigenvalue weighted by molar-refractivity contribution is 6.01. The van der Waals surface area contributed by atoms with Crippen molar-refractivity contribution in [3.05, 3.63) is 59.7 Å². The van der Waals surface area contributed by atoms with E-state index in [0.717, 1.165) is 11.1 Å². The maximum absolute atomic E-state index is 12.2. The molecule has 0 aliphatic rings. The van der Waals surface area contributed by atoms with Gasteiger partial charge >= 0.3 is 5.97 Å². The van der Waals surface area contributed by atoms with Crippen LogP contribution in [0.25, 0.3) is 0 Å². The van der Waals surface area contributed by atoms with E-state index < -0.39 is 11.9 Å². The number of aromatic nitrogens is 5. The summed E-state index contributed by atoms with van der Waals surface area (Å²) in [7, 11) is 0. The molecule has 0 atom stereocenters. The average Bonchev–Trinajstić information content (AvgIpc) is 3.24. The second-order valence-corrected chi connectivity index (χ2v) is 5.75. The molecule has 0 spiro atoms. The minimum absolute atomic E-state index is 0.0619. The standard InChI is InChI=1S/C17H18N6O3/c1-12-4-2-3-5-13(12)10-23-11-18-17(21-23)19-16(26)14-6-8-22(20-14)9-7-15(24)25/h2-6,8,11H,7,9-10H2,1H3,(H,24,25)(H,19,21,26). The van der Waals surface area contributed by atoms with Gasteiger partial charge in [-0.3, -0.25) is 19.6 Å². The Labute approximate surface area is 149 Å². The molecule has 2 heterocycles. The molecule has 3 aromatic rings. The number of amides is 1. The number of aliphatic carboxylic acids is 1. The van der Waals surface area contributed by atoms with Gasteiger partial charge in [-0.15, -0.1) is 5.10 Å². The Morgan fingerprint density at radius 1 is 1.15 bits per heavy atom. The van der Waals surface area contributed by atoms with E-state index in [9.17, 15) is 9.59 Å². The molecule has 0 unspecified atom stereocenters. The van der Waals surface area contributed by atoms with Crippen LogP contribution in [0.3, 0.4) is 0 Å². The number of anilines is 1. The van der Waals surface area contributed by atoms with Gasteiger partial charge in [0.15, 0.2) is 5.69 Å². The summed E-state index contributed by atoms with van der Waals surface area (Å²) >= 11 is 0. The summed E-state index contributed by atoms with van der Waals surface area (Å²) < 4.78 is 3.05. The van der Waals surface area contributed by atoms with E-state index in [2.05, 4.69) is 20.5 Å². The highest BCUT2D eigenvalue weighted by Gasteiger charge is 2.13. The number of aryl methyl sites for hydroxylation is 2. The predicted molar refractivity (Wildman–Crippen MR) is 92.7 cm³/mol. The maximum atomic E-state index is 12.2. The zero-order valence-corrected chi connectivity index (χ0v) is 14.2. The van der Waals surface area contributed by atoms with Gasteiger partial charge < -0.3 is 5.11 Å². The van der Waals surface area contributed by atoms with Gasteiger partial charge in [0.1, 0.15) is 6.33 Å². The molecule has 134 valence electrons. The summed E-state index contributed by atoms with van der Waals surface area (Å²) in [4.78, 5) is 26.8. The molecule has 3 rings (SSSR count). The van der Waals surface area contributed by atoms with Crippen LogP contribution < -0.4 is 5.32 Å². The van der Waals surface area contributed by atoms with E-state index in [1.165, 1.54) is 10.7 Å². The average molecular weight is 354 g/mol. The highest BCUT2D eigenvalue weighted by Crippen LogP contribution is 2.09. The summed E-state index contributed by atoms with van der Waals surface area (Å²) in [5, 5.41) is 19.5. The normalized spacial score (nSPS) is 10.7. The fourth-order valence-electron chi connectivity index (χ4n) is 2.37.